The number of nitrogen functional groups attached to an aromatic ring is 1. The van der Waals surface area contributed by atoms with Gasteiger partial charge < -0.3 is 5.73 Å². The lowest BCUT2D eigenvalue weighted by Crippen LogP contribution is -1.99. The monoisotopic (exact) mass is 373 g/mol. The summed E-state index contributed by atoms with van der Waals surface area (Å²) >= 11 is 18.0. The second-order valence-electron chi connectivity index (χ2n) is 5.06. The third-order valence-electron chi connectivity index (χ3n) is 3.53. The zero-order chi connectivity index (χ0) is 17.3. The summed E-state index contributed by atoms with van der Waals surface area (Å²) < 4.78 is 0. The highest BCUT2D eigenvalue weighted by atomic mass is 35.5. The van der Waals surface area contributed by atoms with E-state index in [1.165, 1.54) is 0 Å². The largest absolute Gasteiger partial charge is 0.383 e. The lowest BCUT2D eigenvalue weighted by molar-refractivity contribution is 1.31. The molecule has 0 unspecified atom stereocenters. The minimum absolute atomic E-state index is 0.158. The number of nitrogens with two attached hydrogens (primary N) is 1. The van der Waals surface area contributed by atoms with Crippen molar-refractivity contribution in [3.05, 3.63) is 69.2 Å². The first kappa shape index (κ1) is 16.6. The molecule has 1 heterocycles. The van der Waals surface area contributed by atoms with Gasteiger partial charge in [-0.05, 0) is 35.9 Å². The summed E-state index contributed by atoms with van der Waals surface area (Å²) in [5.74, 6) is 0.158. The van der Waals surface area contributed by atoms with Crippen molar-refractivity contribution in [2.75, 3.05) is 5.73 Å². The van der Waals surface area contributed by atoms with Crippen molar-refractivity contribution in [2.24, 2.45) is 0 Å². The smallest absolute Gasteiger partial charge is 0.142 e. The maximum Gasteiger partial charge on any atom is 0.142 e. The van der Waals surface area contributed by atoms with Crippen molar-refractivity contribution in [3.8, 4) is 28.5 Å². The molecular formula is C18H10Cl3N3. The summed E-state index contributed by atoms with van der Waals surface area (Å²) in [5, 5.41) is 10.9. The number of nitriles is 1. The number of pyridine rings is 1. The van der Waals surface area contributed by atoms with E-state index in [1.807, 2.05) is 12.1 Å². The molecule has 0 aliphatic heterocycles. The summed E-state index contributed by atoms with van der Waals surface area (Å²) in [7, 11) is 0. The van der Waals surface area contributed by atoms with E-state index in [1.54, 1.807) is 36.4 Å². The average molecular weight is 375 g/mol. The molecule has 24 heavy (non-hydrogen) atoms. The summed E-state index contributed by atoms with van der Waals surface area (Å²) in [6.45, 7) is 0. The first-order valence-corrected chi connectivity index (χ1v) is 8.05. The van der Waals surface area contributed by atoms with Gasteiger partial charge in [-0.15, -0.1) is 0 Å². The van der Waals surface area contributed by atoms with Gasteiger partial charge in [-0.1, -0.05) is 53.0 Å². The van der Waals surface area contributed by atoms with Crippen LogP contribution in [0.15, 0.2) is 48.5 Å². The van der Waals surface area contributed by atoms with Gasteiger partial charge in [-0.3, -0.25) is 0 Å². The van der Waals surface area contributed by atoms with Crippen molar-refractivity contribution in [1.82, 2.24) is 4.98 Å². The number of hydrogen-bond acceptors (Lipinski definition) is 3. The van der Waals surface area contributed by atoms with Gasteiger partial charge in [0, 0.05) is 16.1 Å². The fourth-order valence-electron chi connectivity index (χ4n) is 2.34. The molecule has 0 spiro atoms. The highest BCUT2D eigenvalue weighted by Gasteiger charge is 2.14. The number of rotatable bonds is 2. The number of aromatic nitrogens is 1. The molecule has 3 nitrogen and oxygen atoms in total. The average Bonchev–Trinajstić information content (AvgIpc) is 2.57. The standard InChI is InChI=1S/C18H10Cl3N3/c19-12-4-1-10(2-5-12)17-8-13(14(9-22)18(23)24-17)11-3-6-15(20)16(21)7-11/h1-8H,(H2,23,24). The predicted octanol–water partition coefficient (Wildman–Crippen LogP) is 5.83. The fourth-order valence-corrected chi connectivity index (χ4v) is 2.77. The number of hydrogen-bond donors (Lipinski definition) is 1. The molecular weight excluding hydrogens is 365 g/mol. The van der Waals surface area contributed by atoms with Gasteiger partial charge in [0.1, 0.15) is 17.5 Å². The topological polar surface area (TPSA) is 62.7 Å². The highest BCUT2D eigenvalue weighted by Crippen LogP contribution is 2.34. The minimum Gasteiger partial charge on any atom is -0.383 e. The van der Waals surface area contributed by atoms with E-state index < -0.39 is 0 Å². The summed E-state index contributed by atoms with van der Waals surface area (Å²) in [6.07, 6.45) is 0. The SMILES string of the molecule is N#Cc1c(-c2ccc(Cl)c(Cl)c2)cc(-c2ccc(Cl)cc2)nc1N. The van der Waals surface area contributed by atoms with Gasteiger partial charge in [0.05, 0.1) is 15.7 Å². The van der Waals surface area contributed by atoms with E-state index in [-0.39, 0.29) is 5.82 Å². The maximum atomic E-state index is 9.44. The molecule has 0 aliphatic carbocycles. The fraction of sp³-hybridized carbons (Fsp3) is 0. The Labute approximate surface area is 154 Å². The van der Waals surface area contributed by atoms with Crippen LogP contribution in [0.1, 0.15) is 5.56 Å². The molecule has 0 amide bonds. The molecule has 0 saturated carbocycles. The third-order valence-corrected chi connectivity index (χ3v) is 4.52. The van der Waals surface area contributed by atoms with Gasteiger partial charge in [-0.2, -0.15) is 5.26 Å². The Morgan fingerprint density at radius 1 is 0.875 bits per heavy atom. The van der Waals surface area contributed by atoms with Gasteiger partial charge in [0.2, 0.25) is 0 Å². The zero-order valence-corrected chi connectivity index (χ0v) is 14.5. The van der Waals surface area contributed by atoms with E-state index in [0.29, 0.717) is 31.9 Å². The normalized spacial score (nSPS) is 10.4. The molecule has 2 aromatic carbocycles. The maximum absolute atomic E-state index is 9.44. The second kappa shape index (κ2) is 6.70. The Balaban J connectivity index is 2.22. The molecule has 6 heteroatoms. The molecule has 0 fully saturated rings. The van der Waals surface area contributed by atoms with Crippen LogP contribution in [-0.4, -0.2) is 4.98 Å². The van der Waals surface area contributed by atoms with Crippen LogP contribution in [0.2, 0.25) is 15.1 Å². The lowest BCUT2D eigenvalue weighted by Gasteiger charge is -2.11. The Morgan fingerprint density at radius 3 is 2.17 bits per heavy atom. The van der Waals surface area contributed by atoms with E-state index >= 15 is 0 Å². The molecule has 3 aromatic rings. The minimum atomic E-state index is 0.158. The number of halogens is 3. The molecule has 0 radical (unpaired) electrons. The van der Waals surface area contributed by atoms with Crippen LogP contribution < -0.4 is 5.73 Å². The van der Waals surface area contributed by atoms with Crippen LogP contribution in [0.5, 0.6) is 0 Å². The quantitative estimate of drug-likeness (QED) is 0.614. The van der Waals surface area contributed by atoms with E-state index in [4.69, 9.17) is 40.5 Å². The first-order chi connectivity index (χ1) is 11.5. The van der Waals surface area contributed by atoms with Crippen LogP contribution in [-0.2, 0) is 0 Å². The van der Waals surface area contributed by atoms with Crippen LogP contribution in [0, 0.1) is 11.3 Å². The number of benzene rings is 2. The van der Waals surface area contributed by atoms with E-state index in [0.717, 1.165) is 11.1 Å². The molecule has 2 N–H and O–H groups in total. The lowest BCUT2D eigenvalue weighted by atomic mass is 9.98. The van der Waals surface area contributed by atoms with Crippen LogP contribution in [0.3, 0.4) is 0 Å². The molecule has 0 atom stereocenters. The molecule has 1 aromatic heterocycles. The van der Waals surface area contributed by atoms with Crippen LogP contribution in [0.4, 0.5) is 5.82 Å². The summed E-state index contributed by atoms with van der Waals surface area (Å²) in [4.78, 5) is 4.32. The molecule has 0 saturated heterocycles. The second-order valence-corrected chi connectivity index (χ2v) is 6.31. The van der Waals surface area contributed by atoms with Gasteiger partial charge in [-0.25, -0.2) is 4.98 Å². The van der Waals surface area contributed by atoms with Crippen LogP contribution >= 0.6 is 34.8 Å². The Bertz CT molecular complexity index is 960. The Kier molecular flexibility index (Phi) is 4.64. The molecule has 3 rings (SSSR count). The van der Waals surface area contributed by atoms with Gasteiger partial charge in [0.25, 0.3) is 0 Å². The summed E-state index contributed by atoms with van der Waals surface area (Å²) in [5.41, 5.74) is 9.16. The zero-order valence-electron chi connectivity index (χ0n) is 12.2. The van der Waals surface area contributed by atoms with E-state index in [2.05, 4.69) is 11.1 Å². The van der Waals surface area contributed by atoms with Crippen molar-refractivity contribution >= 4 is 40.6 Å². The van der Waals surface area contributed by atoms with Crippen molar-refractivity contribution in [3.63, 3.8) is 0 Å². The van der Waals surface area contributed by atoms with Crippen molar-refractivity contribution < 1.29 is 0 Å². The Hall–Kier alpha value is -2.25. The van der Waals surface area contributed by atoms with E-state index in [9.17, 15) is 5.26 Å². The van der Waals surface area contributed by atoms with Gasteiger partial charge >= 0.3 is 0 Å². The molecule has 0 aliphatic rings. The van der Waals surface area contributed by atoms with Crippen LogP contribution in [0.25, 0.3) is 22.4 Å². The predicted molar refractivity (Wildman–Crippen MR) is 99.3 cm³/mol. The molecule has 0 bridgehead atoms. The highest BCUT2D eigenvalue weighted by molar-refractivity contribution is 6.42. The number of nitrogens with zero attached hydrogens (tertiary/aromatic N) is 2. The van der Waals surface area contributed by atoms with Crippen molar-refractivity contribution in [2.45, 2.75) is 0 Å². The van der Waals surface area contributed by atoms with Gasteiger partial charge in [0.15, 0.2) is 0 Å². The van der Waals surface area contributed by atoms with Crippen molar-refractivity contribution in [1.29, 1.82) is 5.26 Å². The number of anilines is 1. The summed E-state index contributed by atoms with van der Waals surface area (Å²) in [6, 6.07) is 16.3. The Morgan fingerprint density at radius 2 is 1.54 bits per heavy atom. The first-order valence-electron chi connectivity index (χ1n) is 6.91. The molecule has 118 valence electrons. The third kappa shape index (κ3) is 3.18.